The van der Waals surface area contributed by atoms with Gasteiger partial charge in [-0.05, 0) is 66.5 Å². The van der Waals surface area contributed by atoms with Crippen LogP contribution in [0, 0.1) is 0 Å². The monoisotopic (exact) mass is 263 g/mol. The van der Waals surface area contributed by atoms with Crippen LogP contribution < -0.4 is 0 Å². The van der Waals surface area contributed by atoms with E-state index in [-0.39, 0.29) is 18.3 Å². The van der Waals surface area contributed by atoms with Crippen molar-refractivity contribution >= 4 is 7.12 Å². The summed E-state index contributed by atoms with van der Waals surface area (Å²) in [7, 11) is -0.192. The highest BCUT2D eigenvalue weighted by Crippen LogP contribution is 2.41. The van der Waals surface area contributed by atoms with E-state index in [1.165, 1.54) is 38.8 Å². The quantitative estimate of drug-likeness (QED) is 0.715. The first-order chi connectivity index (χ1) is 8.85. The number of nitrogens with zero attached hydrogens (tertiary/aromatic N) is 1. The average Bonchev–Trinajstić information content (AvgIpc) is 2.87. The van der Waals surface area contributed by atoms with Gasteiger partial charge in [0.2, 0.25) is 0 Å². The summed E-state index contributed by atoms with van der Waals surface area (Å²) in [5, 5.41) is 0. The highest BCUT2D eigenvalue weighted by atomic mass is 16.7. The Labute approximate surface area is 117 Å². The third kappa shape index (κ3) is 2.18. The van der Waals surface area contributed by atoms with Crippen LogP contribution >= 0.6 is 0 Å². The zero-order chi connectivity index (χ0) is 13.7. The minimum Gasteiger partial charge on any atom is -0.400 e. The van der Waals surface area contributed by atoms with Crippen LogP contribution in [0.4, 0.5) is 0 Å². The van der Waals surface area contributed by atoms with Crippen molar-refractivity contribution in [3.63, 3.8) is 0 Å². The van der Waals surface area contributed by atoms with Crippen LogP contribution in [0.1, 0.15) is 53.4 Å². The summed E-state index contributed by atoms with van der Waals surface area (Å²) >= 11 is 0. The smallest absolute Gasteiger partial charge is 0.400 e. The molecule has 0 aromatic heterocycles. The largest absolute Gasteiger partial charge is 0.486 e. The third-order valence-electron chi connectivity index (χ3n) is 5.54. The highest BCUT2D eigenvalue weighted by molar-refractivity contribution is 6.51. The second kappa shape index (κ2) is 4.34. The fraction of sp³-hybridized carbons (Fsp3) is 0.867. The lowest BCUT2D eigenvalue weighted by molar-refractivity contribution is 0.00578. The lowest BCUT2D eigenvalue weighted by Gasteiger charge is -2.32. The Hall–Kier alpha value is -0.315. The summed E-state index contributed by atoms with van der Waals surface area (Å²) in [6, 6.07) is 0. The van der Waals surface area contributed by atoms with Gasteiger partial charge in [0.15, 0.2) is 0 Å². The Kier molecular flexibility index (Phi) is 3.12. The molecule has 4 heteroatoms. The molecule has 0 amide bonds. The molecule has 0 aliphatic carbocycles. The van der Waals surface area contributed by atoms with E-state index in [0.717, 1.165) is 0 Å². The normalized spacial score (nSPS) is 32.3. The van der Waals surface area contributed by atoms with Crippen LogP contribution in [0.3, 0.4) is 0 Å². The van der Waals surface area contributed by atoms with E-state index in [0.29, 0.717) is 5.54 Å². The van der Waals surface area contributed by atoms with Gasteiger partial charge in [-0.1, -0.05) is 12.1 Å². The standard InChI is InChI=1S/C15H26BNO2/c1-13(2)14(3,4)19-16(18-13)10-9-15-7-5-11-17(15)12-6-8-15/h9-10H,5-8,11-12H2,1-4H3/b10-9+. The van der Waals surface area contributed by atoms with Gasteiger partial charge in [-0.3, -0.25) is 4.90 Å². The van der Waals surface area contributed by atoms with Crippen LogP contribution in [0.25, 0.3) is 0 Å². The second-order valence-electron chi connectivity index (χ2n) is 7.28. The molecule has 0 N–H and O–H groups in total. The van der Waals surface area contributed by atoms with Crippen LogP contribution in [-0.2, 0) is 9.31 Å². The molecular weight excluding hydrogens is 237 g/mol. The van der Waals surface area contributed by atoms with E-state index in [4.69, 9.17) is 9.31 Å². The van der Waals surface area contributed by atoms with E-state index in [1.54, 1.807) is 0 Å². The molecule has 0 bridgehead atoms. The van der Waals surface area contributed by atoms with Gasteiger partial charge in [-0.25, -0.2) is 0 Å². The number of hydrogen-bond donors (Lipinski definition) is 0. The minimum absolute atomic E-state index is 0.192. The predicted molar refractivity (Wildman–Crippen MR) is 78.0 cm³/mol. The maximum atomic E-state index is 6.04. The van der Waals surface area contributed by atoms with Crippen molar-refractivity contribution in [1.29, 1.82) is 0 Å². The Morgan fingerprint density at radius 1 is 0.947 bits per heavy atom. The molecule has 0 aromatic carbocycles. The van der Waals surface area contributed by atoms with Gasteiger partial charge in [0.25, 0.3) is 0 Å². The summed E-state index contributed by atoms with van der Waals surface area (Å²) in [6.07, 6.45) is 7.61. The molecule has 3 aliphatic rings. The van der Waals surface area contributed by atoms with Crippen molar-refractivity contribution in [2.75, 3.05) is 13.1 Å². The lowest BCUT2D eigenvalue weighted by Crippen LogP contribution is -2.41. The number of fused-ring (bicyclic) bond motifs is 1. The zero-order valence-corrected chi connectivity index (χ0v) is 12.7. The van der Waals surface area contributed by atoms with Gasteiger partial charge in [0, 0.05) is 5.54 Å². The molecule has 0 radical (unpaired) electrons. The Morgan fingerprint density at radius 2 is 1.47 bits per heavy atom. The van der Waals surface area contributed by atoms with Crippen LogP contribution in [0.15, 0.2) is 12.1 Å². The Bertz CT molecular complexity index is 366. The Morgan fingerprint density at radius 3 is 2.00 bits per heavy atom. The topological polar surface area (TPSA) is 21.7 Å². The number of rotatable bonds is 2. The first kappa shape index (κ1) is 13.7. The van der Waals surface area contributed by atoms with E-state index in [9.17, 15) is 0 Å². The molecule has 3 rings (SSSR count). The maximum absolute atomic E-state index is 6.04. The molecule has 3 nitrogen and oxygen atoms in total. The molecule has 3 fully saturated rings. The van der Waals surface area contributed by atoms with Crippen molar-refractivity contribution in [3.05, 3.63) is 12.1 Å². The SMILES string of the molecule is CC1(C)OB(/C=C/C23CCCN2CCC3)OC1(C)C. The zero-order valence-electron chi connectivity index (χ0n) is 12.7. The van der Waals surface area contributed by atoms with E-state index in [1.807, 2.05) is 0 Å². The summed E-state index contributed by atoms with van der Waals surface area (Å²) < 4.78 is 12.1. The molecular formula is C15H26BNO2. The van der Waals surface area contributed by atoms with Gasteiger partial charge in [0.05, 0.1) is 11.2 Å². The van der Waals surface area contributed by atoms with E-state index < -0.39 is 0 Å². The third-order valence-corrected chi connectivity index (χ3v) is 5.54. The van der Waals surface area contributed by atoms with Crippen molar-refractivity contribution in [3.8, 4) is 0 Å². The van der Waals surface area contributed by atoms with Crippen LogP contribution in [0.2, 0.25) is 0 Å². The van der Waals surface area contributed by atoms with Crippen LogP contribution in [-0.4, -0.2) is 41.8 Å². The van der Waals surface area contributed by atoms with Crippen molar-refractivity contribution < 1.29 is 9.31 Å². The molecule has 106 valence electrons. The van der Waals surface area contributed by atoms with Gasteiger partial charge < -0.3 is 9.31 Å². The van der Waals surface area contributed by atoms with E-state index in [2.05, 4.69) is 44.6 Å². The fourth-order valence-electron chi connectivity index (χ4n) is 3.65. The first-order valence-corrected chi connectivity index (χ1v) is 7.65. The lowest BCUT2D eigenvalue weighted by atomic mass is 9.84. The first-order valence-electron chi connectivity index (χ1n) is 7.65. The molecule has 3 heterocycles. The summed E-state index contributed by atoms with van der Waals surface area (Å²) in [5.41, 5.74) is -0.154. The molecule has 0 aromatic rings. The predicted octanol–water partition coefficient (Wildman–Crippen LogP) is 2.80. The Balaban J connectivity index is 1.71. The maximum Gasteiger partial charge on any atom is 0.486 e. The van der Waals surface area contributed by atoms with E-state index >= 15 is 0 Å². The van der Waals surface area contributed by atoms with Crippen molar-refractivity contribution in [2.24, 2.45) is 0 Å². The van der Waals surface area contributed by atoms with Gasteiger partial charge >= 0.3 is 7.12 Å². The van der Waals surface area contributed by atoms with Crippen LogP contribution in [0.5, 0.6) is 0 Å². The number of hydrogen-bond acceptors (Lipinski definition) is 3. The molecule has 3 saturated heterocycles. The van der Waals surface area contributed by atoms with Gasteiger partial charge in [-0.2, -0.15) is 0 Å². The van der Waals surface area contributed by atoms with Gasteiger partial charge in [-0.15, -0.1) is 0 Å². The summed E-state index contributed by atoms with van der Waals surface area (Å²) in [5.74, 6) is 2.15. The average molecular weight is 263 g/mol. The molecule has 0 saturated carbocycles. The highest BCUT2D eigenvalue weighted by Gasteiger charge is 2.50. The molecule has 0 atom stereocenters. The molecule has 3 aliphatic heterocycles. The summed E-state index contributed by atoms with van der Waals surface area (Å²) in [6.45, 7) is 10.9. The molecule has 0 spiro atoms. The molecule has 0 unspecified atom stereocenters. The summed E-state index contributed by atoms with van der Waals surface area (Å²) in [4.78, 5) is 2.63. The minimum atomic E-state index is -0.231. The van der Waals surface area contributed by atoms with Crippen molar-refractivity contribution in [1.82, 2.24) is 4.90 Å². The second-order valence-corrected chi connectivity index (χ2v) is 7.28. The van der Waals surface area contributed by atoms with Crippen molar-refractivity contribution in [2.45, 2.75) is 70.1 Å². The molecule has 19 heavy (non-hydrogen) atoms. The van der Waals surface area contributed by atoms with Gasteiger partial charge in [0.1, 0.15) is 0 Å². The fourth-order valence-corrected chi connectivity index (χ4v) is 3.65.